The molecule has 0 bridgehead atoms. The Balaban J connectivity index is 1.26. The van der Waals surface area contributed by atoms with Crippen LogP contribution >= 0.6 is 0 Å². The lowest BCUT2D eigenvalue weighted by atomic mass is 9.42. The van der Waals surface area contributed by atoms with Crippen molar-refractivity contribution < 1.29 is 0 Å². The van der Waals surface area contributed by atoms with Gasteiger partial charge in [-0.2, -0.15) is 0 Å². The van der Waals surface area contributed by atoms with Crippen molar-refractivity contribution in [3.8, 4) is 33.4 Å². The topological polar surface area (TPSA) is 6.48 Å². The number of para-hydroxylation sites is 4. The van der Waals surface area contributed by atoms with Gasteiger partial charge in [-0.05, 0) is 129 Å². The highest BCUT2D eigenvalue weighted by molar-refractivity contribution is 6.93. The monoisotopic (exact) mass is 700 g/mol. The Kier molecular flexibility index (Phi) is 6.16. The Morgan fingerprint density at radius 3 is 1.76 bits per heavy atom. The summed E-state index contributed by atoms with van der Waals surface area (Å²) in [5, 5.41) is 0. The molecule has 3 aliphatic heterocycles. The first-order valence-electron chi connectivity index (χ1n) is 19.5. The maximum atomic E-state index is 2.71. The zero-order valence-electron chi connectivity index (χ0n) is 31.1. The Hall–Kier alpha value is -6.58. The van der Waals surface area contributed by atoms with Crippen molar-refractivity contribution in [3.05, 3.63) is 209 Å². The van der Waals surface area contributed by atoms with Gasteiger partial charge in [0.2, 0.25) is 0 Å². The van der Waals surface area contributed by atoms with E-state index < -0.39 is 5.41 Å². The third kappa shape index (κ3) is 3.85. The van der Waals surface area contributed by atoms with Gasteiger partial charge in [-0.3, -0.25) is 0 Å². The second kappa shape index (κ2) is 11.0. The van der Waals surface area contributed by atoms with Crippen LogP contribution in [-0.4, -0.2) is 6.85 Å². The van der Waals surface area contributed by atoms with Crippen LogP contribution in [0.1, 0.15) is 38.9 Å². The first-order valence-corrected chi connectivity index (χ1v) is 19.5. The summed E-state index contributed by atoms with van der Waals surface area (Å²) in [5.74, 6) is 0. The van der Waals surface area contributed by atoms with E-state index in [0.717, 1.165) is 0 Å². The van der Waals surface area contributed by atoms with Gasteiger partial charge in [0, 0.05) is 34.0 Å². The molecule has 55 heavy (non-hydrogen) atoms. The minimum Gasteiger partial charge on any atom is -0.376 e. The van der Waals surface area contributed by atoms with Crippen molar-refractivity contribution in [2.24, 2.45) is 0 Å². The summed E-state index contributed by atoms with van der Waals surface area (Å²) in [7, 11) is 0. The molecule has 0 N–H and O–H groups in total. The van der Waals surface area contributed by atoms with E-state index in [-0.39, 0.29) is 6.85 Å². The number of fused-ring (bicyclic) bond motifs is 13. The maximum Gasteiger partial charge on any atom is 0.333 e. The molecule has 258 valence electrons. The van der Waals surface area contributed by atoms with Crippen molar-refractivity contribution >= 4 is 46.2 Å². The molecular formula is C52H37BN2. The molecule has 8 aromatic rings. The predicted molar refractivity (Wildman–Crippen MR) is 231 cm³/mol. The summed E-state index contributed by atoms with van der Waals surface area (Å²) in [4.78, 5) is 5.23. The molecule has 1 aliphatic carbocycles. The third-order valence-corrected chi connectivity index (χ3v) is 12.9. The van der Waals surface area contributed by atoms with Gasteiger partial charge in [0.25, 0.3) is 0 Å². The maximum absolute atomic E-state index is 2.71. The molecule has 0 saturated carbocycles. The summed E-state index contributed by atoms with van der Waals surface area (Å²) >= 11 is 0. The average Bonchev–Trinajstić information content (AvgIpc) is 3.51. The standard InChI is InChI=1S/C52H37BN2/c1-32-28-33(2)49(34(3)29-32)35-30-40-39-20-15-24-44-51(39)55(53-45-25-12-14-27-47(45)54(48(31-35)50(40)53)36-16-5-4-6-17-36)46-26-13-11-23-43(46)52(44)41-21-9-7-18-37(41)38-19-8-10-22-42(38)52/h4-31H,1-3H3. The van der Waals surface area contributed by atoms with E-state index in [1.165, 1.54) is 112 Å². The zero-order chi connectivity index (χ0) is 36.6. The van der Waals surface area contributed by atoms with Gasteiger partial charge < -0.3 is 9.71 Å². The van der Waals surface area contributed by atoms with Crippen LogP contribution in [0.15, 0.2) is 170 Å². The molecule has 0 atom stereocenters. The Bertz CT molecular complexity index is 2870. The van der Waals surface area contributed by atoms with Crippen LogP contribution in [-0.2, 0) is 5.41 Å². The van der Waals surface area contributed by atoms with Gasteiger partial charge >= 0.3 is 6.85 Å². The van der Waals surface area contributed by atoms with Crippen molar-refractivity contribution in [1.82, 2.24) is 0 Å². The van der Waals surface area contributed by atoms with E-state index >= 15 is 0 Å². The quantitative estimate of drug-likeness (QED) is 0.166. The zero-order valence-corrected chi connectivity index (χ0v) is 31.1. The normalized spacial score (nSPS) is 14.5. The largest absolute Gasteiger partial charge is 0.376 e. The fraction of sp³-hybridized carbons (Fsp3) is 0.0769. The van der Waals surface area contributed by atoms with Crippen molar-refractivity contribution in [1.29, 1.82) is 0 Å². The lowest BCUT2D eigenvalue weighted by Crippen LogP contribution is -2.63. The molecule has 0 unspecified atom stereocenters. The number of anilines is 5. The highest BCUT2D eigenvalue weighted by Crippen LogP contribution is 2.64. The average molecular weight is 701 g/mol. The predicted octanol–water partition coefficient (Wildman–Crippen LogP) is 11.7. The molecular weight excluding hydrogens is 663 g/mol. The van der Waals surface area contributed by atoms with Gasteiger partial charge in [-0.15, -0.1) is 0 Å². The number of hydrogen-bond donors (Lipinski definition) is 0. The van der Waals surface area contributed by atoms with E-state index in [4.69, 9.17) is 0 Å². The highest BCUT2D eigenvalue weighted by atomic mass is 15.2. The molecule has 8 aromatic carbocycles. The number of benzene rings is 8. The summed E-state index contributed by atoms with van der Waals surface area (Å²) in [6, 6.07) is 64.4. The summed E-state index contributed by atoms with van der Waals surface area (Å²) in [6.07, 6.45) is 0. The minimum absolute atomic E-state index is 0.0329. The summed E-state index contributed by atoms with van der Waals surface area (Å²) in [5.41, 5.74) is 25.6. The van der Waals surface area contributed by atoms with Crippen molar-refractivity contribution in [3.63, 3.8) is 0 Å². The van der Waals surface area contributed by atoms with Crippen molar-refractivity contribution in [2.75, 3.05) is 9.71 Å². The minimum atomic E-state index is -0.460. The molecule has 4 aliphatic rings. The second-order valence-electron chi connectivity index (χ2n) is 15.8. The van der Waals surface area contributed by atoms with Gasteiger partial charge in [0.15, 0.2) is 0 Å². The fourth-order valence-electron chi connectivity index (χ4n) is 11.1. The Labute approximate surface area is 323 Å². The lowest BCUT2D eigenvalue weighted by molar-refractivity contribution is 0.756. The number of hydrogen-bond acceptors (Lipinski definition) is 2. The van der Waals surface area contributed by atoms with Crippen LogP contribution in [0.25, 0.3) is 33.4 Å². The molecule has 0 aromatic heterocycles. The first kappa shape index (κ1) is 30.8. The van der Waals surface area contributed by atoms with Gasteiger partial charge in [0.1, 0.15) is 0 Å². The van der Waals surface area contributed by atoms with Crippen LogP contribution in [0.2, 0.25) is 0 Å². The molecule has 0 radical (unpaired) electrons. The highest BCUT2D eigenvalue weighted by Gasteiger charge is 2.56. The second-order valence-corrected chi connectivity index (χ2v) is 15.8. The van der Waals surface area contributed by atoms with E-state index in [1.54, 1.807) is 0 Å². The molecule has 3 heteroatoms. The van der Waals surface area contributed by atoms with Crippen LogP contribution in [0.3, 0.4) is 0 Å². The molecule has 0 saturated heterocycles. The van der Waals surface area contributed by atoms with Crippen molar-refractivity contribution in [2.45, 2.75) is 26.2 Å². The molecule has 1 spiro atoms. The SMILES string of the molecule is Cc1cc(C)c(-c2cc3c4c(c2)N(c2ccccc2)c2ccccc2B4N2c4ccccc4C4(c5ccccc5-c5ccccc54)c4cccc-3c42)c(C)c1. The third-order valence-electron chi connectivity index (χ3n) is 12.9. The summed E-state index contributed by atoms with van der Waals surface area (Å²) in [6.45, 7) is 6.72. The molecule has 3 heterocycles. The number of aryl methyl sites for hydroxylation is 3. The Morgan fingerprint density at radius 2 is 1.04 bits per heavy atom. The number of nitrogens with zero attached hydrogens (tertiary/aromatic N) is 2. The van der Waals surface area contributed by atoms with Gasteiger partial charge in [0.05, 0.1) is 5.41 Å². The van der Waals surface area contributed by atoms with E-state index in [0.29, 0.717) is 0 Å². The fourth-order valence-corrected chi connectivity index (χ4v) is 11.1. The molecule has 0 amide bonds. The van der Waals surface area contributed by atoms with E-state index in [2.05, 4.69) is 200 Å². The molecule has 12 rings (SSSR count). The van der Waals surface area contributed by atoms with E-state index in [9.17, 15) is 0 Å². The Morgan fingerprint density at radius 1 is 0.455 bits per heavy atom. The molecule has 2 nitrogen and oxygen atoms in total. The van der Waals surface area contributed by atoms with Crippen LogP contribution in [0, 0.1) is 20.8 Å². The summed E-state index contributed by atoms with van der Waals surface area (Å²) < 4.78 is 0. The first-order chi connectivity index (χ1) is 27.1. The van der Waals surface area contributed by atoms with E-state index in [1.807, 2.05) is 0 Å². The smallest absolute Gasteiger partial charge is 0.333 e. The van der Waals surface area contributed by atoms with Gasteiger partial charge in [-0.25, -0.2) is 0 Å². The van der Waals surface area contributed by atoms with Crippen LogP contribution < -0.4 is 20.6 Å². The lowest BCUT2D eigenvalue weighted by Gasteiger charge is -2.52. The van der Waals surface area contributed by atoms with Crippen LogP contribution in [0.4, 0.5) is 28.4 Å². The van der Waals surface area contributed by atoms with Crippen LogP contribution in [0.5, 0.6) is 0 Å². The number of rotatable bonds is 2. The molecule has 0 fully saturated rings. The van der Waals surface area contributed by atoms with Gasteiger partial charge in [-0.1, -0.05) is 139 Å².